The third-order valence-electron chi connectivity index (χ3n) is 6.12. The molecule has 1 saturated heterocycles. The molecule has 2 heterocycles. The van der Waals surface area contributed by atoms with Crippen LogP contribution in [0, 0.1) is 5.82 Å². The molecule has 0 amide bonds. The Morgan fingerprint density at radius 1 is 1.06 bits per heavy atom. The fraction of sp³-hybridized carbons (Fsp3) is 0.478. The molecule has 168 valence electrons. The second-order valence-corrected chi connectivity index (χ2v) is 10.5. The molecule has 2 aromatic carbocycles. The molecule has 0 aliphatic carbocycles. The molecule has 0 N–H and O–H groups in total. The van der Waals surface area contributed by atoms with E-state index in [4.69, 9.17) is 4.74 Å². The Morgan fingerprint density at radius 3 is 2.55 bits per heavy atom. The van der Waals surface area contributed by atoms with Gasteiger partial charge in [-0.3, -0.25) is 0 Å². The summed E-state index contributed by atoms with van der Waals surface area (Å²) in [7, 11) is -1.04. The summed E-state index contributed by atoms with van der Waals surface area (Å²) < 4.78 is 45.7. The van der Waals surface area contributed by atoms with Gasteiger partial charge in [0.25, 0.3) is 0 Å². The van der Waals surface area contributed by atoms with Gasteiger partial charge in [0.15, 0.2) is 0 Å². The molecular weight excluding hydrogens is 417 g/mol. The van der Waals surface area contributed by atoms with Crippen LogP contribution in [-0.2, 0) is 16.6 Å². The van der Waals surface area contributed by atoms with Crippen molar-refractivity contribution in [3.05, 3.63) is 59.4 Å². The lowest BCUT2D eigenvalue weighted by Crippen LogP contribution is -2.49. The van der Waals surface area contributed by atoms with Crippen LogP contribution in [-0.4, -0.2) is 63.1 Å². The van der Waals surface area contributed by atoms with E-state index in [-0.39, 0.29) is 17.7 Å². The highest BCUT2D eigenvalue weighted by Crippen LogP contribution is 2.33. The summed E-state index contributed by atoms with van der Waals surface area (Å²) in [4.78, 5) is 4.51. The highest BCUT2D eigenvalue weighted by atomic mass is 32.2. The number of hydrogen-bond acceptors (Lipinski definition) is 5. The van der Waals surface area contributed by atoms with Gasteiger partial charge in [-0.05, 0) is 49.4 Å². The predicted octanol–water partition coefficient (Wildman–Crippen LogP) is 3.25. The quantitative estimate of drug-likeness (QED) is 0.704. The third kappa shape index (κ3) is 5.02. The molecule has 6 nitrogen and oxygen atoms in total. The lowest BCUT2D eigenvalue weighted by atomic mass is 10.00. The van der Waals surface area contributed by atoms with Gasteiger partial charge in [-0.1, -0.05) is 12.1 Å². The van der Waals surface area contributed by atoms with E-state index < -0.39 is 10.0 Å². The van der Waals surface area contributed by atoms with Gasteiger partial charge in [0, 0.05) is 57.4 Å². The van der Waals surface area contributed by atoms with Gasteiger partial charge in [-0.25, -0.2) is 12.8 Å². The molecule has 31 heavy (non-hydrogen) atoms. The number of halogens is 1. The van der Waals surface area contributed by atoms with Gasteiger partial charge in [0.05, 0.1) is 5.75 Å². The molecule has 1 fully saturated rings. The minimum Gasteiger partial charge on any atom is -0.486 e. The van der Waals surface area contributed by atoms with Gasteiger partial charge >= 0.3 is 0 Å². The van der Waals surface area contributed by atoms with Crippen LogP contribution in [0.2, 0.25) is 0 Å². The van der Waals surface area contributed by atoms with Gasteiger partial charge < -0.3 is 14.5 Å². The molecule has 0 saturated carbocycles. The van der Waals surface area contributed by atoms with Crippen molar-refractivity contribution >= 4 is 15.7 Å². The fourth-order valence-corrected chi connectivity index (χ4v) is 5.42. The lowest BCUT2D eigenvalue weighted by molar-refractivity contribution is 0.182. The molecule has 0 bridgehead atoms. The number of fused-ring (bicyclic) bond motifs is 1. The summed E-state index contributed by atoms with van der Waals surface area (Å²) >= 11 is 0. The Kier molecular flexibility index (Phi) is 6.50. The molecule has 1 unspecified atom stereocenters. The molecule has 2 aliphatic rings. The first kappa shape index (κ1) is 22.0. The first-order valence-electron chi connectivity index (χ1n) is 10.8. The molecule has 1 atom stereocenters. The van der Waals surface area contributed by atoms with Crippen molar-refractivity contribution in [1.29, 1.82) is 0 Å². The second-order valence-electron chi connectivity index (χ2n) is 8.26. The number of anilines is 1. The summed E-state index contributed by atoms with van der Waals surface area (Å²) in [5.41, 5.74) is 3.43. The van der Waals surface area contributed by atoms with Gasteiger partial charge in [-0.2, -0.15) is 4.31 Å². The van der Waals surface area contributed by atoms with E-state index in [1.807, 2.05) is 0 Å². The molecular formula is C23H30FN3O3S. The van der Waals surface area contributed by atoms with Gasteiger partial charge in [-0.15, -0.1) is 0 Å². The lowest BCUT2D eigenvalue weighted by Gasteiger charge is -2.35. The van der Waals surface area contributed by atoms with Crippen LogP contribution in [0.15, 0.2) is 42.5 Å². The van der Waals surface area contributed by atoms with Gasteiger partial charge in [0.1, 0.15) is 17.7 Å². The van der Waals surface area contributed by atoms with Crippen molar-refractivity contribution in [1.82, 2.24) is 9.21 Å². The van der Waals surface area contributed by atoms with Crippen LogP contribution in [0.1, 0.15) is 30.6 Å². The van der Waals surface area contributed by atoms with Crippen LogP contribution in [0.3, 0.4) is 0 Å². The molecule has 2 aliphatic heterocycles. The number of hydrogen-bond donors (Lipinski definition) is 0. The SMILES string of the molecule is CCS(=O)(=O)N1CCN(c2ccc3c(c2)CN(C)CCC3Oc2cccc(F)c2)CC1. The molecule has 0 aromatic heterocycles. The zero-order valence-corrected chi connectivity index (χ0v) is 18.9. The van der Waals surface area contributed by atoms with Crippen molar-refractivity contribution < 1.29 is 17.5 Å². The smallest absolute Gasteiger partial charge is 0.213 e. The summed E-state index contributed by atoms with van der Waals surface area (Å²) in [6, 6.07) is 12.7. The van der Waals surface area contributed by atoms with Crippen molar-refractivity contribution in [2.24, 2.45) is 0 Å². The maximum absolute atomic E-state index is 13.6. The Morgan fingerprint density at radius 2 is 1.84 bits per heavy atom. The van der Waals surface area contributed by atoms with E-state index in [0.717, 1.165) is 30.8 Å². The summed E-state index contributed by atoms with van der Waals surface area (Å²) in [6.07, 6.45) is 0.690. The number of ether oxygens (including phenoxy) is 1. The fourth-order valence-electron chi connectivity index (χ4n) is 4.34. The summed E-state index contributed by atoms with van der Waals surface area (Å²) in [5, 5.41) is 0. The van der Waals surface area contributed by atoms with Crippen molar-refractivity contribution in [3.63, 3.8) is 0 Å². The Balaban J connectivity index is 1.54. The zero-order chi connectivity index (χ0) is 22.0. The first-order chi connectivity index (χ1) is 14.9. The topological polar surface area (TPSA) is 53.1 Å². The number of nitrogens with zero attached hydrogens (tertiary/aromatic N) is 3. The first-order valence-corrected chi connectivity index (χ1v) is 12.4. The van der Waals surface area contributed by atoms with Crippen LogP contribution in [0.25, 0.3) is 0 Å². The van der Waals surface area contributed by atoms with Crippen LogP contribution in [0.5, 0.6) is 5.75 Å². The standard InChI is InChI=1S/C23H30FN3O3S/c1-3-31(28,29)27-13-11-26(12-14-27)20-7-8-22-18(15-20)17-25(2)10-9-23(22)30-21-6-4-5-19(24)16-21/h4-8,15-16,23H,3,9-14,17H2,1-2H3. The molecule has 2 aromatic rings. The number of rotatable bonds is 5. The maximum atomic E-state index is 13.6. The van der Waals surface area contributed by atoms with Crippen LogP contribution in [0.4, 0.5) is 10.1 Å². The number of piperazine rings is 1. The van der Waals surface area contributed by atoms with E-state index in [2.05, 4.69) is 35.0 Å². The molecule has 8 heteroatoms. The Bertz CT molecular complexity index is 1020. The monoisotopic (exact) mass is 447 g/mol. The van der Waals surface area contributed by atoms with Crippen molar-refractivity contribution in [2.45, 2.75) is 26.0 Å². The minimum absolute atomic E-state index is 0.137. The summed E-state index contributed by atoms with van der Waals surface area (Å²) in [5.74, 6) is 0.381. The van der Waals surface area contributed by atoms with E-state index in [9.17, 15) is 12.8 Å². The third-order valence-corrected chi connectivity index (χ3v) is 8.00. The van der Waals surface area contributed by atoms with Crippen LogP contribution < -0.4 is 9.64 Å². The average Bonchev–Trinajstić information content (AvgIpc) is 2.92. The summed E-state index contributed by atoms with van der Waals surface area (Å²) in [6.45, 7) is 5.77. The normalized spacial score (nSPS) is 20.9. The number of benzene rings is 2. The van der Waals surface area contributed by atoms with E-state index in [0.29, 0.717) is 31.9 Å². The Labute approximate surface area is 184 Å². The number of sulfonamides is 1. The van der Waals surface area contributed by atoms with E-state index in [1.54, 1.807) is 23.4 Å². The van der Waals surface area contributed by atoms with E-state index in [1.165, 1.54) is 17.7 Å². The van der Waals surface area contributed by atoms with Gasteiger partial charge in [0.2, 0.25) is 10.0 Å². The van der Waals surface area contributed by atoms with Crippen LogP contribution >= 0.6 is 0 Å². The highest BCUT2D eigenvalue weighted by Gasteiger charge is 2.27. The molecule has 4 rings (SSSR count). The van der Waals surface area contributed by atoms with Crippen molar-refractivity contribution in [3.8, 4) is 5.75 Å². The van der Waals surface area contributed by atoms with Crippen molar-refractivity contribution in [2.75, 3.05) is 50.4 Å². The maximum Gasteiger partial charge on any atom is 0.213 e. The van der Waals surface area contributed by atoms with E-state index >= 15 is 0 Å². The molecule has 0 spiro atoms. The second kappa shape index (κ2) is 9.14. The largest absolute Gasteiger partial charge is 0.486 e. The zero-order valence-electron chi connectivity index (χ0n) is 18.1. The molecule has 0 radical (unpaired) electrons. The average molecular weight is 448 g/mol. The predicted molar refractivity (Wildman–Crippen MR) is 120 cm³/mol. The minimum atomic E-state index is -3.14. The highest BCUT2D eigenvalue weighted by molar-refractivity contribution is 7.89. The Hall–Kier alpha value is -2.16.